The topological polar surface area (TPSA) is 89.5 Å². The molecule has 2 aliphatic heterocycles. The number of carbonyl (C=O) groups excluding carboxylic acids is 2. The van der Waals surface area contributed by atoms with Gasteiger partial charge in [0.1, 0.15) is 18.0 Å². The van der Waals surface area contributed by atoms with Crippen molar-refractivity contribution in [3.63, 3.8) is 0 Å². The van der Waals surface area contributed by atoms with Gasteiger partial charge in [-0.2, -0.15) is 0 Å². The molecule has 0 amide bonds. The van der Waals surface area contributed by atoms with Crippen molar-refractivity contribution in [1.29, 1.82) is 0 Å². The Morgan fingerprint density at radius 3 is 2.27 bits per heavy atom. The summed E-state index contributed by atoms with van der Waals surface area (Å²) in [6.45, 7) is 8.27. The van der Waals surface area contributed by atoms with Crippen LogP contribution >= 0.6 is 11.6 Å². The fourth-order valence-electron chi connectivity index (χ4n) is 6.40. The lowest BCUT2D eigenvalue weighted by molar-refractivity contribution is -0.356. The van der Waals surface area contributed by atoms with Crippen molar-refractivity contribution in [2.45, 2.75) is 83.6 Å². The molecule has 0 N–H and O–H groups in total. The second-order valence-corrected chi connectivity index (χ2v) is 12.1. The van der Waals surface area contributed by atoms with Crippen molar-refractivity contribution >= 4 is 23.5 Å². The monoisotopic (exact) mass is 586 g/mol. The number of hydrogen-bond acceptors (Lipinski definition) is 8. The molecule has 222 valence electrons. The Morgan fingerprint density at radius 1 is 1.02 bits per heavy atom. The second-order valence-electron chi connectivity index (χ2n) is 11.7. The molecule has 1 saturated carbocycles. The van der Waals surface area contributed by atoms with E-state index in [9.17, 15) is 9.59 Å². The van der Waals surface area contributed by atoms with Gasteiger partial charge in [0.25, 0.3) is 0 Å². The molecule has 0 radical (unpaired) electrons. The summed E-state index contributed by atoms with van der Waals surface area (Å²) >= 11 is 6.67. The van der Waals surface area contributed by atoms with E-state index in [1.54, 1.807) is 12.1 Å². The lowest BCUT2D eigenvalue weighted by Crippen LogP contribution is -2.62. The first-order valence-corrected chi connectivity index (χ1v) is 14.7. The van der Waals surface area contributed by atoms with Crippen LogP contribution in [0.3, 0.4) is 0 Å². The van der Waals surface area contributed by atoms with E-state index in [0.717, 1.165) is 42.9 Å². The molecule has 41 heavy (non-hydrogen) atoms. The quantitative estimate of drug-likeness (QED) is 0.351. The Labute approximate surface area is 246 Å². The smallest absolute Gasteiger partial charge is 0.303 e. The summed E-state index contributed by atoms with van der Waals surface area (Å²) in [4.78, 5) is 24.3. The summed E-state index contributed by atoms with van der Waals surface area (Å²) < 4.78 is 35.7. The van der Waals surface area contributed by atoms with Crippen molar-refractivity contribution in [3.05, 3.63) is 64.2 Å². The van der Waals surface area contributed by atoms with Gasteiger partial charge in [-0.1, -0.05) is 43.6 Å². The summed E-state index contributed by atoms with van der Waals surface area (Å²) in [7, 11) is 1.50. The molecule has 5 rings (SSSR count). The van der Waals surface area contributed by atoms with Crippen LogP contribution in [0.1, 0.15) is 63.6 Å². The van der Waals surface area contributed by atoms with E-state index in [-0.39, 0.29) is 18.1 Å². The summed E-state index contributed by atoms with van der Waals surface area (Å²) in [5, 5.41) is 0.583. The summed E-state index contributed by atoms with van der Waals surface area (Å²) in [5.74, 6) is -1.91. The molecule has 1 unspecified atom stereocenters. The van der Waals surface area contributed by atoms with Gasteiger partial charge < -0.3 is 28.4 Å². The third-order valence-corrected chi connectivity index (χ3v) is 8.98. The predicted molar refractivity (Wildman–Crippen MR) is 152 cm³/mol. The lowest BCUT2D eigenvalue weighted by atomic mass is 9.65. The maximum Gasteiger partial charge on any atom is 0.303 e. The summed E-state index contributed by atoms with van der Waals surface area (Å²) in [5.41, 5.74) is 2.88. The average Bonchev–Trinajstić information content (AvgIpc) is 2.89. The molecule has 1 aliphatic carbocycles. The molecule has 3 aliphatic rings. The Kier molecular flexibility index (Phi) is 8.67. The third kappa shape index (κ3) is 5.98. The van der Waals surface area contributed by atoms with Gasteiger partial charge in [0.05, 0.1) is 19.3 Å². The fourth-order valence-corrected chi connectivity index (χ4v) is 6.58. The van der Waals surface area contributed by atoms with Crippen molar-refractivity contribution in [1.82, 2.24) is 0 Å². The zero-order chi connectivity index (χ0) is 29.4. The maximum absolute atomic E-state index is 12.3. The zero-order valence-corrected chi connectivity index (χ0v) is 25.1. The molecule has 3 fully saturated rings. The van der Waals surface area contributed by atoms with Gasteiger partial charge in [-0.15, -0.1) is 0 Å². The van der Waals surface area contributed by atoms with Crippen LogP contribution in [0.15, 0.2) is 42.5 Å². The second kappa shape index (κ2) is 11.9. The first kappa shape index (κ1) is 29.8. The molecular weight excluding hydrogens is 548 g/mol. The van der Waals surface area contributed by atoms with E-state index >= 15 is 0 Å². The fraction of sp³-hybridized carbons (Fsp3) is 0.562. The van der Waals surface area contributed by atoms with Crippen LogP contribution in [0.2, 0.25) is 5.02 Å². The van der Waals surface area contributed by atoms with Crippen LogP contribution in [-0.2, 0) is 45.5 Å². The van der Waals surface area contributed by atoms with Gasteiger partial charge in [-0.25, -0.2) is 0 Å². The average molecular weight is 587 g/mol. The highest BCUT2D eigenvalue weighted by molar-refractivity contribution is 6.31. The third-order valence-electron chi connectivity index (χ3n) is 8.61. The van der Waals surface area contributed by atoms with Crippen LogP contribution in [0.25, 0.3) is 0 Å². The number of rotatable bonds is 9. The molecule has 2 heterocycles. The summed E-state index contributed by atoms with van der Waals surface area (Å²) in [6.07, 6.45) is 1.40. The minimum Gasteiger partial charge on any atom is -0.490 e. The number of carbonyl (C=O) groups is 2. The van der Waals surface area contributed by atoms with E-state index in [2.05, 4.69) is 0 Å². The molecule has 0 aromatic heterocycles. The standard InChI is InChI=1S/C32H39ClO8/c1-6-28-19(2)29(38-20(3)34)30(39-21(4)35)32(36-5,41-28)24-9-12-27(33)23(14-24)13-22-7-10-25(11-8-22)40-26-15-31(16-26)17-37-18-31/h7-12,14,19,26,28-30H,6,13,15-18H2,1-5H3/t19-,28-,29+,30-,32?/m1/s1. The van der Waals surface area contributed by atoms with E-state index in [0.29, 0.717) is 28.8 Å². The van der Waals surface area contributed by atoms with E-state index in [4.69, 9.17) is 40.0 Å². The highest BCUT2D eigenvalue weighted by Gasteiger charge is 2.58. The minimum absolute atomic E-state index is 0.239. The molecule has 1 spiro atoms. The summed E-state index contributed by atoms with van der Waals surface area (Å²) in [6, 6.07) is 13.6. The molecule has 2 aromatic carbocycles. The van der Waals surface area contributed by atoms with Crippen molar-refractivity contribution in [3.8, 4) is 5.75 Å². The zero-order valence-electron chi connectivity index (χ0n) is 24.3. The minimum atomic E-state index is -1.51. The Morgan fingerprint density at radius 2 is 1.71 bits per heavy atom. The van der Waals surface area contributed by atoms with Gasteiger partial charge in [-0.3, -0.25) is 9.59 Å². The first-order valence-electron chi connectivity index (χ1n) is 14.3. The van der Waals surface area contributed by atoms with Crippen LogP contribution in [-0.4, -0.2) is 56.7 Å². The normalized spacial score (nSPS) is 28.8. The Balaban J connectivity index is 1.40. The molecule has 9 heteroatoms. The Hall–Kier alpha value is -2.65. The van der Waals surface area contributed by atoms with Crippen molar-refractivity contribution in [2.24, 2.45) is 11.3 Å². The SMILES string of the molecule is CC[C@H]1OC(OC)(c2ccc(Cl)c(Cc3ccc(OC4CC5(COC5)C4)cc3)c2)[C@H](OC(C)=O)[C@@H](OC(C)=O)[C@@H]1C. The number of halogens is 1. The molecular formula is C32H39ClO8. The van der Waals surface area contributed by atoms with E-state index in [1.165, 1.54) is 21.0 Å². The highest BCUT2D eigenvalue weighted by atomic mass is 35.5. The molecule has 0 bridgehead atoms. The Bertz CT molecular complexity index is 1250. The van der Waals surface area contributed by atoms with Gasteiger partial charge in [0, 0.05) is 42.9 Å². The van der Waals surface area contributed by atoms with Crippen LogP contribution in [0.4, 0.5) is 0 Å². The predicted octanol–water partition coefficient (Wildman–Crippen LogP) is 5.60. The van der Waals surface area contributed by atoms with Gasteiger partial charge in [0.15, 0.2) is 6.10 Å². The molecule has 2 aromatic rings. The maximum atomic E-state index is 12.3. The van der Waals surface area contributed by atoms with E-state index in [1.807, 2.05) is 44.2 Å². The molecule has 5 atom stereocenters. The highest BCUT2D eigenvalue weighted by Crippen LogP contribution is 2.48. The van der Waals surface area contributed by atoms with Gasteiger partial charge in [0.2, 0.25) is 5.79 Å². The molecule has 8 nitrogen and oxygen atoms in total. The van der Waals surface area contributed by atoms with Crippen LogP contribution in [0, 0.1) is 11.3 Å². The molecule has 2 saturated heterocycles. The van der Waals surface area contributed by atoms with Crippen LogP contribution in [0.5, 0.6) is 5.75 Å². The number of esters is 2. The number of hydrogen-bond donors (Lipinski definition) is 0. The largest absolute Gasteiger partial charge is 0.490 e. The number of ether oxygens (including phenoxy) is 6. The van der Waals surface area contributed by atoms with E-state index < -0.39 is 29.9 Å². The van der Waals surface area contributed by atoms with Crippen molar-refractivity contribution < 1.29 is 38.0 Å². The van der Waals surface area contributed by atoms with Gasteiger partial charge in [-0.05, 0) is 61.1 Å². The number of benzene rings is 2. The first-order chi connectivity index (χ1) is 19.6. The van der Waals surface area contributed by atoms with Crippen molar-refractivity contribution in [2.75, 3.05) is 20.3 Å². The lowest BCUT2D eigenvalue weighted by Gasteiger charge is -2.52. The van der Waals surface area contributed by atoms with Gasteiger partial charge >= 0.3 is 11.9 Å². The van der Waals surface area contributed by atoms with Crippen LogP contribution < -0.4 is 4.74 Å². The number of methoxy groups -OCH3 is 1.